The van der Waals surface area contributed by atoms with E-state index in [0.717, 1.165) is 36.9 Å². The van der Waals surface area contributed by atoms with E-state index in [0.29, 0.717) is 27.9 Å². The molecule has 0 saturated heterocycles. The van der Waals surface area contributed by atoms with E-state index < -0.39 is 55.6 Å². The van der Waals surface area contributed by atoms with Gasteiger partial charge in [-0.2, -0.15) is 13.2 Å². The smallest absolute Gasteiger partial charge is 0.420 e. The number of carbonyl (C=O) groups is 2. The number of alkyl halides is 3. The molecule has 1 amide bonds. The Morgan fingerprint density at radius 3 is 2.28 bits per heavy atom. The number of rotatable bonds is 7. The lowest BCUT2D eigenvalue weighted by Crippen LogP contribution is -2.36. The van der Waals surface area contributed by atoms with E-state index in [1.54, 1.807) is 18.2 Å². The largest absolute Gasteiger partial charge is 0.495 e. The number of fused-ring (bicyclic) bond motifs is 1. The molecule has 208 valence electrons. The highest BCUT2D eigenvalue weighted by atomic mass is 32.2. The van der Waals surface area contributed by atoms with Crippen LogP contribution in [0.5, 0.6) is 5.75 Å². The van der Waals surface area contributed by atoms with E-state index in [-0.39, 0.29) is 23.2 Å². The van der Waals surface area contributed by atoms with Gasteiger partial charge in [-0.15, -0.1) is 0 Å². The average Bonchev–Trinajstić information content (AvgIpc) is 3.22. The number of nitrogens with zero attached hydrogens (tertiary/aromatic N) is 1. The minimum Gasteiger partial charge on any atom is -0.495 e. The van der Waals surface area contributed by atoms with Gasteiger partial charge in [-0.3, -0.25) is 9.59 Å². The van der Waals surface area contributed by atoms with Crippen LogP contribution in [0.2, 0.25) is 0 Å². The third-order valence-electron chi connectivity index (χ3n) is 6.23. The second kappa shape index (κ2) is 9.92. The fourth-order valence-corrected chi connectivity index (χ4v) is 5.63. The molecule has 14 heteroatoms. The Labute approximate surface area is 223 Å². The summed E-state index contributed by atoms with van der Waals surface area (Å²) in [5.74, 6) is -2.34. The molecule has 1 aliphatic carbocycles. The Hall–Kier alpha value is -3.49. The van der Waals surface area contributed by atoms with Crippen LogP contribution in [0, 0.1) is 0 Å². The van der Waals surface area contributed by atoms with Gasteiger partial charge >= 0.3 is 6.18 Å². The number of benzene rings is 2. The van der Waals surface area contributed by atoms with Crippen LogP contribution >= 0.6 is 0 Å². The molecule has 1 heterocycles. The van der Waals surface area contributed by atoms with E-state index >= 15 is 0 Å². The highest BCUT2D eigenvalue weighted by molar-refractivity contribution is 7.89. The summed E-state index contributed by atoms with van der Waals surface area (Å²) in [5, 5.41) is 0. The number of Topliss-reactive ketones (excluding diaryl/α,β-unsaturated/α-hetero) is 1. The van der Waals surface area contributed by atoms with Crippen molar-refractivity contribution in [2.24, 2.45) is 0 Å². The van der Waals surface area contributed by atoms with Crippen molar-refractivity contribution in [2.75, 3.05) is 26.2 Å². The average molecular weight is 585 g/mol. The van der Waals surface area contributed by atoms with Crippen LogP contribution in [0.3, 0.4) is 0 Å². The van der Waals surface area contributed by atoms with Crippen molar-refractivity contribution in [3.8, 4) is 16.9 Å². The fraction of sp³-hybridized carbons (Fsp3) is 0.280. The van der Waals surface area contributed by atoms with Crippen LogP contribution in [-0.4, -0.2) is 59.0 Å². The zero-order chi connectivity index (χ0) is 28.9. The summed E-state index contributed by atoms with van der Waals surface area (Å²) < 4.78 is 97.4. The molecule has 39 heavy (non-hydrogen) atoms. The number of hydrogen-bond acceptors (Lipinski definition) is 7. The van der Waals surface area contributed by atoms with Crippen molar-refractivity contribution in [3.63, 3.8) is 0 Å². The molecule has 0 fully saturated rings. The summed E-state index contributed by atoms with van der Waals surface area (Å²) in [4.78, 5) is 24.8. The standard InChI is InChI=1S/C25H23F3N2O7S2/c1-37-24-19(15-6-7-18-14(8-15)4-5-16(18)12-29-38(2,33)34)9-17(10-21(24)25(26,27)28)20-13-30(39(3,35)36)23(32)11-22(20)31/h5-10,13,29H,4,11-12H2,1-3H3. The number of methoxy groups -OCH3 is 1. The normalized spacial score (nSPS) is 16.2. The number of amides is 1. The molecular formula is C25H23F3N2O7S2. The molecule has 2 aromatic rings. The monoisotopic (exact) mass is 584 g/mol. The van der Waals surface area contributed by atoms with Gasteiger partial charge in [0.15, 0.2) is 5.78 Å². The molecule has 0 bridgehead atoms. The van der Waals surface area contributed by atoms with Crippen LogP contribution in [0.15, 0.2) is 42.6 Å². The second-order valence-corrected chi connectivity index (χ2v) is 12.8. The van der Waals surface area contributed by atoms with Gasteiger partial charge in [-0.1, -0.05) is 24.3 Å². The van der Waals surface area contributed by atoms with Crippen LogP contribution in [0.25, 0.3) is 22.3 Å². The Morgan fingerprint density at radius 2 is 1.69 bits per heavy atom. The summed E-state index contributed by atoms with van der Waals surface area (Å²) in [6, 6.07) is 6.81. The number of halogens is 3. The van der Waals surface area contributed by atoms with E-state index in [1.807, 2.05) is 6.08 Å². The molecule has 4 rings (SSSR count). The Kier molecular flexibility index (Phi) is 7.25. The predicted octanol–water partition coefficient (Wildman–Crippen LogP) is 2.97. The van der Waals surface area contributed by atoms with Crippen molar-refractivity contribution >= 4 is 42.9 Å². The van der Waals surface area contributed by atoms with Crippen molar-refractivity contribution in [2.45, 2.75) is 19.0 Å². The van der Waals surface area contributed by atoms with Gasteiger partial charge in [0.2, 0.25) is 26.0 Å². The van der Waals surface area contributed by atoms with Crippen LogP contribution in [-0.2, 0) is 42.2 Å². The van der Waals surface area contributed by atoms with Gasteiger partial charge in [0.1, 0.15) is 5.75 Å². The van der Waals surface area contributed by atoms with Crippen molar-refractivity contribution < 1.29 is 44.3 Å². The van der Waals surface area contributed by atoms with Crippen LogP contribution < -0.4 is 9.46 Å². The molecule has 0 saturated carbocycles. The highest BCUT2D eigenvalue weighted by Crippen LogP contribution is 2.45. The molecule has 0 atom stereocenters. The predicted molar refractivity (Wildman–Crippen MR) is 137 cm³/mol. The maximum atomic E-state index is 14.1. The van der Waals surface area contributed by atoms with Crippen molar-refractivity contribution in [3.05, 3.63) is 64.9 Å². The topological polar surface area (TPSA) is 127 Å². The van der Waals surface area contributed by atoms with Gasteiger partial charge in [0.05, 0.1) is 31.6 Å². The van der Waals surface area contributed by atoms with E-state index in [4.69, 9.17) is 4.74 Å². The summed E-state index contributed by atoms with van der Waals surface area (Å²) in [6.45, 7) is 0.0496. The van der Waals surface area contributed by atoms with Crippen LogP contribution in [0.4, 0.5) is 13.2 Å². The minimum atomic E-state index is -4.90. The molecule has 9 nitrogen and oxygen atoms in total. The van der Waals surface area contributed by atoms with E-state index in [1.165, 1.54) is 6.07 Å². The SMILES string of the molecule is COc1c(-c2ccc3c(c2)CC=C3CNS(C)(=O)=O)cc(C2=CN(S(C)(=O)=O)C(=O)CC2=O)cc1C(F)(F)F. The Morgan fingerprint density at radius 1 is 1.00 bits per heavy atom. The van der Waals surface area contributed by atoms with Crippen LogP contribution in [0.1, 0.15) is 28.7 Å². The lowest BCUT2D eigenvalue weighted by atomic mass is 9.90. The first-order valence-electron chi connectivity index (χ1n) is 11.3. The minimum absolute atomic E-state index is 0.00987. The van der Waals surface area contributed by atoms with Gasteiger partial charge in [0, 0.05) is 23.9 Å². The molecule has 1 aliphatic heterocycles. The number of ether oxygens (including phenoxy) is 1. The summed E-state index contributed by atoms with van der Waals surface area (Å²) >= 11 is 0. The molecular weight excluding hydrogens is 561 g/mol. The first-order valence-corrected chi connectivity index (χ1v) is 15.1. The molecule has 1 N–H and O–H groups in total. The molecule has 2 aromatic carbocycles. The molecule has 0 aromatic heterocycles. The summed E-state index contributed by atoms with van der Waals surface area (Å²) in [7, 11) is -6.48. The number of nitrogens with one attached hydrogen (secondary N) is 1. The number of carbonyl (C=O) groups excluding carboxylic acids is 2. The van der Waals surface area contributed by atoms with Gasteiger partial charge in [0.25, 0.3) is 0 Å². The molecule has 2 aliphatic rings. The quantitative estimate of drug-likeness (QED) is 0.496. The maximum absolute atomic E-state index is 14.1. The maximum Gasteiger partial charge on any atom is 0.420 e. The lowest BCUT2D eigenvalue weighted by molar-refractivity contribution is -0.139. The summed E-state index contributed by atoms with van der Waals surface area (Å²) in [6.07, 6.45) is -0.991. The number of allylic oxidation sites excluding steroid dienone is 2. The van der Waals surface area contributed by atoms with Gasteiger partial charge in [-0.25, -0.2) is 25.9 Å². The third kappa shape index (κ3) is 5.92. The van der Waals surface area contributed by atoms with Gasteiger partial charge < -0.3 is 4.74 Å². The Bertz CT molecular complexity index is 1680. The first-order chi connectivity index (χ1) is 18.0. The number of hydrogen-bond donors (Lipinski definition) is 1. The third-order valence-corrected chi connectivity index (χ3v) is 7.92. The first kappa shape index (κ1) is 28.5. The molecule has 0 radical (unpaired) electrons. The number of sulfonamides is 2. The lowest BCUT2D eigenvalue weighted by Gasteiger charge is -2.24. The van der Waals surface area contributed by atoms with E-state index in [2.05, 4.69) is 4.72 Å². The molecule has 0 spiro atoms. The zero-order valence-corrected chi connectivity index (χ0v) is 22.6. The fourth-order valence-electron chi connectivity index (χ4n) is 4.48. The van der Waals surface area contributed by atoms with Crippen molar-refractivity contribution in [1.82, 2.24) is 9.03 Å². The Balaban J connectivity index is 1.87. The van der Waals surface area contributed by atoms with Crippen molar-refractivity contribution in [1.29, 1.82) is 0 Å². The number of ketones is 1. The highest BCUT2D eigenvalue weighted by Gasteiger charge is 2.38. The van der Waals surface area contributed by atoms with E-state index in [9.17, 15) is 39.6 Å². The zero-order valence-electron chi connectivity index (χ0n) is 20.9. The van der Waals surface area contributed by atoms with Gasteiger partial charge in [-0.05, 0) is 46.4 Å². The second-order valence-electron chi connectivity index (χ2n) is 9.10. The molecule has 0 unspecified atom stereocenters. The summed E-state index contributed by atoms with van der Waals surface area (Å²) in [5.41, 5.74) is 0.697.